The molecule has 8 nitrogen and oxygen atoms in total. The van der Waals surface area contributed by atoms with Gasteiger partial charge in [-0.05, 0) is 11.4 Å². The molecule has 2 aromatic rings. The first kappa shape index (κ1) is 18.4. The molecule has 2 aromatic heterocycles. The van der Waals surface area contributed by atoms with Gasteiger partial charge in [-0.25, -0.2) is 4.79 Å². The third-order valence-electron chi connectivity index (χ3n) is 4.60. The second kappa shape index (κ2) is 7.86. The fourth-order valence-electron chi connectivity index (χ4n) is 3.12. The van der Waals surface area contributed by atoms with E-state index in [2.05, 4.69) is 16.3 Å². The van der Waals surface area contributed by atoms with Crippen LogP contribution in [0.2, 0.25) is 0 Å². The van der Waals surface area contributed by atoms with Crippen LogP contribution in [0, 0.1) is 11.3 Å². The molecule has 138 valence electrons. The molecule has 3 heterocycles. The summed E-state index contributed by atoms with van der Waals surface area (Å²) < 4.78 is 7.70. The molecule has 26 heavy (non-hydrogen) atoms. The summed E-state index contributed by atoms with van der Waals surface area (Å²) >= 11 is 1.66. The Morgan fingerprint density at radius 2 is 2.04 bits per heavy atom. The standard InChI is InChI=1S/C17H21N5O3S/c1-20-15(12(10-18)16(23)21(2)17(20)24)19-11-13(14-4-3-9-26-14)22-5-7-25-8-6-22/h3-4,9,13,19H,5-8,11H2,1-2H3. The van der Waals surface area contributed by atoms with Crippen molar-refractivity contribution in [2.24, 2.45) is 14.1 Å². The zero-order valence-electron chi connectivity index (χ0n) is 14.8. The molecule has 1 unspecified atom stereocenters. The number of morpholine rings is 1. The summed E-state index contributed by atoms with van der Waals surface area (Å²) in [4.78, 5) is 27.9. The van der Waals surface area contributed by atoms with Crippen LogP contribution in [-0.2, 0) is 18.8 Å². The Morgan fingerprint density at radius 1 is 1.31 bits per heavy atom. The van der Waals surface area contributed by atoms with E-state index < -0.39 is 11.2 Å². The number of nitriles is 1. The van der Waals surface area contributed by atoms with E-state index in [4.69, 9.17) is 4.74 Å². The third-order valence-corrected chi connectivity index (χ3v) is 5.57. The molecule has 9 heteroatoms. The van der Waals surface area contributed by atoms with Crippen molar-refractivity contribution in [3.05, 3.63) is 48.8 Å². The first-order chi connectivity index (χ1) is 12.5. The zero-order valence-corrected chi connectivity index (χ0v) is 15.6. The maximum absolute atomic E-state index is 12.2. The molecule has 0 radical (unpaired) electrons. The van der Waals surface area contributed by atoms with Crippen molar-refractivity contribution >= 4 is 17.2 Å². The van der Waals surface area contributed by atoms with Gasteiger partial charge in [0.15, 0.2) is 5.56 Å². The van der Waals surface area contributed by atoms with Gasteiger partial charge in [0, 0.05) is 38.6 Å². The van der Waals surface area contributed by atoms with Gasteiger partial charge >= 0.3 is 5.69 Å². The zero-order chi connectivity index (χ0) is 18.7. The summed E-state index contributed by atoms with van der Waals surface area (Å²) in [6, 6.07) is 6.07. The van der Waals surface area contributed by atoms with Crippen molar-refractivity contribution in [3.63, 3.8) is 0 Å². The summed E-state index contributed by atoms with van der Waals surface area (Å²) in [5.41, 5.74) is -1.10. The minimum atomic E-state index is -0.586. The Hall–Kier alpha value is -2.41. The van der Waals surface area contributed by atoms with E-state index in [1.54, 1.807) is 18.4 Å². The van der Waals surface area contributed by atoms with E-state index in [0.29, 0.717) is 19.8 Å². The summed E-state index contributed by atoms with van der Waals surface area (Å²) in [6.07, 6.45) is 0. The van der Waals surface area contributed by atoms with E-state index in [0.717, 1.165) is 17.7 Å². The highest BCUT2D eigenvalue weighted by Crippen LogP contribution is 2.26. The van der Waals surface area contributed by atoms with Crippen molar-refractivity contribution in [3.8, 4) is 6.07 Å². The van der Waals surface area contributed by atoms with Crippen LogP contribution in [0.5, 0.6) is 0 Å². The Labute approximate surface area is 154 Å². The average molecular weight is 375 g/mol. The van der Waals surface area contributed by atoms with Crippen LogP contribution in [0.4, 0.5) is 5.82 Å². The van der Waals surface area contributed by atoms with Gasteiger partial charge in [-0.3, -0.25) is 18.8 Å². The van der Waals surface area contributed by atoms with E-state index in [1.165, 1.54) is 16.5 Å². The number of anilines is 1. The quantitative estimate of drug-likeness (QED) is 0.818. The van der Waals surface area contributed by atoms with Crippen LogP contribution >= 0.6 is 11.3 Å². The number of hydrogen-bond acceptors (Lipinski definition) is 7. The minimum Gasteiger partial charge on any atom is -0.379 e. The van der Waals surface area contributed by atoms with Crippen LogP contribution in [0.25, 0.3) is 0 Å². The minimum absolute atomic E-state index is 0.0542. The molecular weight excluding hydrogens is 354 g/mol. The van der Waals surface area contributed by atoms with Crippen LogP contribution < -0.4 is 16.6 Å². The van der Waals surface area contributed by atoms with Gasteiger partial charge in [-0.15, -0.1) is 11.3 Å². The molecular formula is C17H21N5O3S. The number of nitrogens with zero attached hydrogens (tertiary/aromatic N) is 4. The van der Waals surface area contributed by atoms with Gasteiger partial charge in [0.25, 0.3) is 5.56 Å². The molecule has 0 amide bonds. The monoisotopic (exact) mass is 375 g/mol. The lowest BCUT2D eigenvalue weighted by molar-refractivity contribution is 0.0193. The first-order valence-electron chi connectivity index (χ1n) is 8.33. The predicted molar refractivity (Wildman–Crippen MR) is 99.6 cm³/mol. The van der Waals surface area contributed by atoms with Crippen LogP contribution in [0.1, 0.15) is 16.5 Å². The van der Waals surface area contributed by atoms with Crippen LogP contribution in [0.3, 0.4) is 0 Å². The molecule has 0 aromatic carbocycles. The topological polar surface area (TPSA) is 92.3 Å². The van der Waals surface area contributed by atoms with E-state index in [9.17, 15) is 14.9 Å². The molecule has 1 N–H and O–H groups in total. The van der Waals surface area contributed by atoms with Crippen LogP contribution in [-0.4, -0.2) is 46.9 Å². The number of rotatable bonds is 5. The molecule has 0 aliphatic carbocycles. The Bertz CT molecular complexity index is 920. The van der Waals surface area contributed by atoms with E-state index in [-0.39, 0.29) is 17.4 Å². The second-order valence-electron chi connectivity index (χ2n) is 6.10. The van der Waals surface area contributed by atoms with Gasteiger partial charge in [0.1, 0.15) is 11.9 Å². The van der Waals surface area contributed by atoms with Gasteiger partial charge in [-0.2, -0.15) is 5.26 Å². The summed E-state index contributed by atoms with van der Waals surface area (Å²) in [5, 5.41) is 14.6. The molecule has 0 bridgehead atoms. The molecule has 3 rings (SSSR count). The van der Waals surface area contributed by atoms with Crippen molar-refractivity contribution in [1.82, 2.24) is 14.0 Å². The van der Waals surface area contributed by atoms with Crippen LogP contribution in [0.15, 0.2) is 27.1 Å². The van der Waals surface area contributed by atoms with Crippen molar-refractivity contribution in [1.29, 1.82) is 5.26 Å². The van der Waals surface area contributed by atoms with Crippen molar-refractivity contribution in [2.45, 2.75) is 6.04 Å². The molecule has 1 fully saturated rings. The number of thiophene rings is 1. The van der Waals surface area contributed by atoms with Gasteiger partial charge < -0.3 is 10.1 Å². The number of ether oxygens (including phenoxy) is 1. The van der Waals surface area contributed by atoms with E-state index >= 15 is 0 Å². The van der Waals surface area contributed by atoms with Crippen molar-refractivity contribution < 1.29 is 4.74 Å². The summed E-state index contributed by atoms with van der Waals surface area (Å²) in [6.45, 7) is 3.46. The smallest absolute Gasteiger partial charge is 0.332 e. The Morgan fingerprint density at radius 3 is 2.65 bits per heavy atom. The van der Waals surface area contributed by atoms with Gasteiger partial charge in [0.05, 0.1) is 19.3 Å². The SMILES string of the molecule is Cn1c(NCC(c2cccs2)N2CCOCC2)c(C#N)c(=O)n(C)c1=O. The van der Waals surface area contributed by atoms with Gasteiger partial charge in [-0.1, -0.05) is 6.07 Å². The predicted octanol–water partition coefficient (Wildman–Crippen LogP) is 0.503. The molecule has 1 atom stereocenters. The fourth-order valence-corrected chi connectivity index (χ4v) is 3.99. The first-order valence-corrected chi connectivity index (χ1v) is 9.21. The lowest BCUT2D eigenvalue weighted by atomic mass is 10.2. The molecule has 1 aliphatic rings. The summed E-state index contributed by atoms with van der Waals surface area (Å²) in [5.74, 6) is 0.260. The average Bonchev–Trinajstić information content (AvgIpc) is 3.19. The highest BCUT2D eigenvalue weighted by Gasteiger charge is 2.24. The maximum atomic E-state index is 12.2. The van der Waals surface area contributed by atoms with Gasteiger partial charge in [0.2, 0.25) is 0 Å². The largest absolute Gasteiger partial charge is 0.379 e. The molecule has 1 saturated heterocycles. The molecule has 1 aliphatic heterocycles. The summed E-state index contributed by atoms with van der Waals surface area (Å²) in [7, 11) is 2.93. The lowest BCUT2D eigenvalue weighted by Crippen LogP contribution is -2.43. The fraction of sp³-hybridized carbons (Fsp3) is 0.471. The molecule has 0 saturated carbocycles. The second-order valence-corrected chi connectivity index (χ2v) is 7.08. The Kier molecular flexibility index (Phi) is 5.56. The highest BCUT2D eigenvalue weighted by atomic mass is 32.1. The molecule has 0 spiro atoms. The number of nitrogens with one attached hydrogen (secondary N) is 1. The highest BCUT2D eigenvalue weighted by molar-refractivity contribution is 7.10. The number of hydrogen-bond donors (Lipinski definition) is 1. The Balaban J connectivity index is 1.92. The number of aromatic nitrogens is 2. The van der Waals surface area contributed by atoms with E-state index in [1.807, 2.05) is 17.5 Å². The lowest BCUT2D eigenvalue weighted by Gasteiger charge is -2.34. The third kappa shape index (κ3) is 3.44. The normalized spacial score (nSPS) is 16.2. The van der Waals surface area contributed by atoms with Crippen molar-refractivity contribution in [2.75, 3.05) is 38.2 Å². The maximum Gasteiger partial charge on any atom is 0.332 e.